The van der Waals surface area contributed by atoms with Crippen LogP contribution in [0, 0.1) is 0 Å². The predicted octanol–water partition coefficient (Wildman–Crippen LogP) is 1.54. The fourth-order valence-corrected chi connectivity index (χ4v) is 1.90. The molecule has 1 aromatic rings. The summed E-state index contributed by atoms with van der Waals surface area (Å²) in [6, 6.07) is 1.77. The van der Waals surface area contributed by atoms with Crippen LogP contribution in [0.1, 0.15) is 20.3 Å². The summed E-state index contributed by atoms with van der Waals surface area (Å²) in [6.07, 6.45) is 0.995. The number of ether oxygens (including phenoxy) is 1. The lowest BCUT2D eigenvalue weighted by atomic mass is 10.4. The van der Waals surface area contributed by atoms with E-state index in [4.69, 9.17) is 10.5 Å². The number of thioether (sulfide) groups is 1. The Morgan fingerprint density at radius 2 is 2.28 bits per heavy atom. The molecule has 6 nitrogen and oxygen atoms in total. The zero-order valence-corrected chi connectivity index (χ0v) is 11.4. The van der Waals surface area contributed by atoms with Crippen molar-refractivity contribution in [3.05, 3.63) is 6.07 Å². The van der Waals surface area contributed by atoms with Gasteiger partial charge in [0.25, 0.3) is 0 Å². The van der Waals surface area contributed by atoms with Crippen LogP contribution in [0.4, 0.5) is 11.8 Å². The Morgan fingerprint density at radius 3 is 2.94 bits per heavy atom. The molecule has 0 unspecified atom stereocenters. The number of nitrogens with two attached hydrogens (primary N) is 1. The number of rotatable bonds is 7. The minimum Gasteiger partial charge on any atom is -0.465 e. The van der Waals surface area contributed by atoms with Crippen LogP contribution in [0.15, 0.2) is 11.1 Å². The first-order chi connectivity index (χ1) is 8.65. The van der Waals surface area contributed by atoms with Gasteiger partial charge in [-0.05, 0) is 13.3 Å². The van der Waals surface area contributed by atoms with Crippen LogP contribution in [-0.4, -0.2) is 34.8 Å². The second-order valence-corrected chi connectivity index (χ2v) is 4.47. The van der Waals surface area contributed by atoms with Crippen LogP contribution >= 0.6 is 11.8 Å². The monoisotopic (exact) mass is 270 g/mol. The van der Waals surface area contributed by atoms with Gasteiger partial charge in [-0.1, -0.05) is 18.7 Å². The molecule has 0 aromatic carbocycles. The Morgan fingerprint density at radius 1 is 1.50 bits per heavy atom. The second kappa shape index (κ2) is 7.75. The minimum absolute atomic E-state index is 0.197. The van der Waals surface area contributed by atoms with E-state index in [0.717, 1.165) is 13.0 Å². The standard InChI is InChI=1S/C11H18N4O2S/c1-3-5-13-8-6-9(15-11(12)14-8)18-7-10(16)17-4-2/h6H,3-5,7H2,1-2H3,(H3,12,13,14,15). The maximum Gasteiger partial charge on any atom is 0.316 e. The Hall–Kier alpha value is -1.50. The van der Waals surface area contributed by atoms with Gasteiger partial charge in [0.1, 0.15) is 10.8 Å². The molecule has 18 heavy (non-hydrogen) atoms. The molecule has 1 heterocycles. The van der Waals surface area contributed by atoms with Gasteiger partial charge in [0.05, 0.1) is 12.4 Å². The molecule has 0 amide bonds. The second-order valence-electron chi connectivity index (χ2n) is 3.47. The fraction of sp³-hybridized carbons (Fsp3) is 0.545. The predicted molar refractivity (Wildman–Crippen MR) is 72.6 cm³/mol. The SMILES string of the molecule is CCCNc1cc(SCC(=O)OCC)nc(N)n1. The number of hydrogen-bond donors (Lipinski definition) is 2. The maximum atomic E-state index is 11.2. The average Bonchev–Trinajstić information content (AvgIpc) is 2.34. The lowest BCUT2D eigenvalue weighted by Gasteiger charge is -2.07. The number of nitrogen functional groups attached to an aromatic ring is 1. The molecule has 0 atom stereocenters. The molecule has 0 radical (unpaired) electrons. The molecule has 0 spiro atoms. The molecule has 0 bridgehead atoms. The van der Waals surface area contributed by atoms with Gasteiger partial charge in [-0.3, -0.25) is 4.79 Å². The highest BCUT2D eigenvalue weighted by molar-refractivity contribution is 7.99. The van der Waals surface area contributed by atoms with Crippen molar-refractivity contribution in [3.63, 3.8) is 0 Å². The van der Waals surface area contributed by atoms with Crippen LogP contribution in [0.5, 0.6) is 0 Å². The van der Waals surface area contributed by atoms with E-state index in [0.29, 0.717) is 17.5 Å². The van der Waals surface area contributed by atoms with Crippen LogP contribution in [0.3, 0.4) is 0 Å². The fourth-order valence-electron chi connectivity index (χ4n) is 1.20. The van der Waals surface area contributed by atoms with E-state index in [1.807, 2.05) is 0 Å². The van der Waals surface area contributed by atoms with Crippen LogP contribution in [-0.2, 0) is 9.53 Å². The normalized spacial score (nSPS) is 10.1. The van der Waals surface area contributed by atoms with E-state index in [2.05, 4.69) is 22.2 Å². The van der Waals surface area contributed by atoms with Gasteiger partial charge >= 0.3 is 5.97 Å². The van der Waals surface area contributed by atoms with Gasteiger partial charge in [-0.15, -0.1) is 0 Å². The first-order valence-electron chi connectivity index (χ1n) is 5.82. The van der Waals surface area contributed by atoms with Crippen molar-refractivity contribution < 1.29 is 9.53 Å². The molecule has 7 heteroatoms. The Kier molecular flexibility index (Phi) is 6.27. The van der Waals surface area contributed by atoms with E-state index in [-0.39, 0.29) is 17.7 Å². The van der Waals surface area contributed by atoms with Crippen LogP contribution in [0.25, 0.3) is 0 Å². The van der Waals surface area contributed by atoms with Gasteiger partial charge in [-0.2, -0.15) is 4.98 Å². The number of aromatic nitrogens is 2. The summed E-state index contributed by atoms with van der Waals surface area (Å²) in [7, 11) is 0. The smallest absolute Gasteiger partial charge is 0.316 e. The highest BCUT2D eigenvalue weighted by Gasteiger charge is 2.07. The molecule has 1 aromatic heterocycles. The van der Waals surface area contributed by atoms with Crippen molar-refractivity contribution >= 4 is 29.5 Å². The number of anilines is 2. The Bertz CT molecular complexity index is 401. The third-order valence-corrected chi connectivity index (χ3v) is 2.80. The van der Waals surface area contributed by atoms with Crippen LogP contribution in [0.2, 0.25) is 0 Å². The van der Waals surface area contributed by atoms with E-state index >= 15 is 0 Å². The molecule has 0 aliphatic heterocycles. The number of nitrogens with zero attached hydrogens (tertiary/aromatic N) is 2. The third kappa shape index (κ3) is 5.22. The third-order valence-electron chi connectivity index (χ3n) is 1.92. The quantitative estimate of drug-likeness (QED) is 0.441. The maximum absolute atomic E-state index is 11.2. The van der Waals surface area contributed by atoms with Crippen molar-refractivity contribution in [2.75, 3.05) is 30.0 Å². The van der Waals surface area contributed by atoms with Crippen molar-refractivity contribution in [2.45, 2.75) is 25.3 Å². The van der Waals surface area contributed by atoms with Crippen molar-refractivity contribution in [1.29, 1.82) is 0 Å². The zero-order valence-electron chi connectivity index (χ0n) is 10.6. The number of esters is 1. The molecule has 100 valence electrons. The van der Waals surface area contributed by atoms with Crippen molar-refractivity contribution in [3.8, 4) is 0 Å². The summed E-state index contributed by atoms with van der Waals surface area (Å²) >= 11 is 1.28. The molecule has 1 rings (SSSR count). The number of nitrogens with one attached hydrogen (secondary N) is 1. The summed E-state index contributed by atoms with van der Waals surface area (Å²) in [6.45, 7) is 5.04. The van der Waals surface area contributed by atoms with E-state index in [9.17, 15) is 4.79 Å². The summed E-state index contributed by atoms with van der Waals surface area (Å²) in [5, 5.41) is 3.79. The van der Waals surface area contributed by atoms with Crippen molar-refractivity contribution in [1.82, 2.24) is 9.97 Å². The van der Waals surface area contributed by atoms with Crippen molar-refractivity contribution in [2.24, 2.45) is 0 Å². The Labute approximate surface area is 111 Å². The van der Waals surface area contributed by atoms with E-state index in [1.165, 1.54) is 11.8 Å². The molecular formula is C11H18N4O2S. The van der Waals surface area contributed by atoms with Gasteiger partial charge < -0.3 is 15.8 Å². The van der Waals surface area contributed by atoms with E-state index in [1.54, 1.807) is 13.0 Å². The first-order valence-corrected chi connectivity index (χ1v) is 6.81. The molecule has 0 aliphatic carbocycles. The summed E-state index contributed by atoms with van der Waals surface area (Å²) in [5.41, 5.74) is 5.60. The molecular weight excluding hydrogens is 252 g/mol. The first kappa shape index (κ1) is 14.6. The van der Waals surface area contributed by atoms with Crippen LogP contribution < -0.4 is 11.1 Å². The Balaban J connectivity index is 2.59. The topological polar surface area (TPSA) is 90.1 Å². The van der Waals surface area contributed by atoms with Gasteiger partial charge in [-0.25, -0.2) is 4.98 Å². The molecule has 0 fully saturated rings. The highest BCUT2D eigenvalue weighted by atomic mass is 32.2. The molecule has 0 saturated heterocycles. The average molecular weight is 270 g/mol. The lowest BCUT2D eigenvalue weighted by molar-refractivity contribution is -0.139. The lowest BCUT2D eigenvalue weighted by Crippen LogP contribution is -2.08. The van der Waals surface area contributed by atoms with E-state index < -0.39 is 0 Å². The highest BCUT2D eigenvalue weighted by Crippen LogP contribution is 2.19. The minimum atomic E-state index is -0.261. The molecule has 0 aliphatic rings. The van der Waals surface area contributed by atoms with Gasteiger partial charge in [0.2, 0.25) is 5.95 Å². The number of carbonyl (C=O) groups is 1. The summed E-state index contributed by atoms with van der Waals surface area (Å²) in [5.74, 6) is 0.832. The molecule has 3 N–H and O–H groups in total. The summed E-state index contributed by atoms with van der Waals surface area (Å²) in [4.78, 5) is 19.3. The largest absolute Gasteiger partial charge is 0.465 e. The summed E-state index contributed by atoms with van der Waals surface area (Å²) < 4.78 is 4.84. The number of hydrogen-bond acceptors (Lipinski definition) is 7. The van der Waals surface area contributed by atoms with Gasteiger partial charge in [0, 0.05) is 12.6 Å². The zero-order chi connectivity index (χ0) is 13.4. The van der Waals surface area contributed by atoms with Gasteiger partial charge in [0.15, 0.2) is 0 Å². The number of carbonyl (C=O) groups excluding carboxylic acids is 1. The molecule has 0 saturated carbocycles.